The zero-order chi connectivity index (χ0) is 17.3. The highest BCUT2D eigenvalue weighted by molar-refractivity contribution is 5.92. The number of alkyl halides is 4. The van der Waals surface area contributed by atoms with Gasteiger partial charge in [0.1, 0.15) is 0 Å². The summed E-state index contributed by atoms with van der Waals surface area (Å²) in [5.41, 5.74) is 2.20. The molecule has 1 unspecified atom stereocenters. The van der Waals surface area contributed by atoms with Crippen LogP contribution in [0.2, 0.25) is 0 Å². The van der Waals surface area contributed by atoms with Crippen LogP contribution in [0.15, 0.2) is 24.3 Å². The Hall–Kier alpha value is -2.16. The maximum atomic E-state index is 14.0. The molecule has 5 nitrogen and oxygen atoms in total. The summed E-state index contributed by atoms with van der Waals surface area (Å²) in [5.74, 6) is -1.58. The lowest BCUT2D eigenvalue weighted by Crippen LogP contribution is -2.43. The standard InChI is InChI=1S/C14H15F4N3O2/c15-13(12(19)23)5-6-21(8-13)7-11(22)20-10-3-1-9(2-4-10)14(16,17)18/h1-4H,5-8H2,(H2,19,23)(H,20,22). The fraction of sp³-hybridized carbons (Fsp3) is 0.429. The summed E-state index contributed by atoms with van der Waals surface area (Å²) in [6.45, 7) is -0.261. The molecule has 23 heavy (non-hydrogen) atoms. The summed E-state index contributed by atoms with van der Waals surface area (Å²) in [5, 5.41) is 2.42. The molecule has 1 aliphatic heterocycles. The topological polar surface area (TPSA) is 75.4 Å². The minimum Gasteiger partial charge on any atom is -0.367 e. The van der Waals surface area contributed by atoms with Crippen molar-refractivity contribution >= 4 is 17.5 Å². The van der Waals surface area contributed by atoms with Gasteiger partial charge in [0, 0.05) is 25.2 Å². The number of likely N-dealkylation sites (tertiary alicyclic amines) is 1. The van der Waals surface area contributed by atoms with Crippen molar-refractivity contribution in [3.05, 3.63) is 29.8 Å². The van der Waals surface area contributed by atoms with Crippen molar-refractivity contribution in [2.45, 2.75) is 18.3 Å². The van der Waals surface area contributed by atoms with Gasteiger partial charge in [-0.1, -0.05) is 0 Å². The van der Waals surface area contributed by atoms with Crippen LogP contribution in [0.25, 0.3) is 0 Å². The van der Waals surface area contributed by atoms with E-state index in [2.05, 4.69) is 5.32 Å². The first kappa shape index (κ1) is 17.2. The van der Waals surface area contributed by atoms with Gasteiger partial charge in [0.05, 0.1) is 12.1 Å². The van der Waals surface area contributed by atoms with Gasteiger partial charge in [0.25, 0.3) is 5.91 Å². The van der Waals surface area contributed by atoms with E-state index in [-0.39, 0.29) is 31.7 Å². The maximum Gasteiger partial charge on any atom is 0.416 e. The summed E-state index contributed by atoms with van der Waals surface area (Å²) in [6, 6.07) is 3.97. The average molecular weight is 333 g/mol. The van der Waals surface area contributed by atoms with E-state index in [1.807, 2.05) is 0 Å². The van der Waals surface area contributed by atoms with E-state index in [0.717, 1.165) is 24.3 Å². The molecule has 9 heteroatoms. The molecule has 0 spiro atoms. The largest absolute Gasteiger partial charge is 0.416 e. The quantitative estimate of drug-likeness (QED) is 0.821. The van der Waals surface area contributed by atoms with Crippen molar-refractivity contribution in [1.82, 2.24) is 4.90 Å². The number of carbonyl (C=O) groups is 2. The molecular weight excluding hydrogens is 318 g/mol. The number of benzene rings is 1. The first-order valence-corrected chi connectivity index (χ1v) is 6.78. The number of anilines is 1. The fourth-order valence-electron chi connectivity index (χ4n) is 2.33. The Morgan fingerprint density at radius 1 is 1.26 bits per heavy atom. The molecule has 1 aromatic carbocycles. The van der Waals surface area contributed by atoms with Gasteiger partial charge >= 0.3 is 6.18 Å². The van der Waals surface area contributed by atoms with Gasteiger partial charge in [0.2, 0.25) is 11.6 Å². The Morgan fingerprint density at radius 2 is 1.87 bits per heavy atom. The number of nitrogens with two attached hydrogens (primary N) is 1. The lowest BCUT2D eigenvalue weighted by Gasteiger charge is -2.17. The molecule has 0 radical (unpaired) electrons. The number of nitrogens with one attached hydrogen (secondary N) is 1. The number of hydrogen-bond acceptors (Lipinski definition) is 3. The van der Waals surface area contributed by atoms with Gasteiger partial charge in [-0.2, -0.15) is 13.2 Å². The van der Waals surface area contributed by atoms with Crippen molar-refractivity contribution in [3.63, 3.8) is 0 Å². The molecule has 1 fully saturated rings. The third-order valence-corrected chi connectivity index (χ3v) is 3.60. The highest BCUT2D eigenvalue weighted by Gasteiger charge is 2.44. The van der Waals surface area contributed by atoms with Crippen LogP contribution in [0, 0.1) is 0 Å². The smallest absolute Gasteiger partial charge is 0.367 e. The Kier molecular flexibility index (Phi) is 4.60. The van der Waals surface area contributed by atoms with Crippen LogP contribution in [-0.4, -0.2) is 42.0 Å². The number of primary amides is 1. The number of amides is 2. The minimum absolute atomic E-state index is 0.0874. The second-order valence-corrected chi connectivity index (χ2v) is 5.41. The van der Waals surface area contributed by atoms with Gasteiger partial charge in [0.15, 0.2) is 0 Å². The zero-order valence-corrected chi connectivity index (χ0v) is 12.0. The Labute approximate surface area is 129 Å². The molecule has 0 aliphatic carbocycles. The molecule has 0 saturated carbocycles. The van der Waals surface area contributed by atoms with Crippen LogP contribution < -0.4 is 11.1 Å². The Balaban J connectivity index is 1.90. The third-order valence-electron chi connectivity index (χ3n) is 3.60. The maximum absolute atomic E-state index is 14.0. The van der Waals surface area contributed by atoms with E-state index in [9.17, 15) is 27.2 Å². The van der Waals surface area contributed by atoms with Crippen LogP contribution in [0.5, 0.6) is 0 Å². The fourth-order valence-corrected chi connectivity index (χ4v) is 2.33. The van der Waals surface area contributed by atoms with Crippen LogP contribution >= 0.6 is 0 Å². The number of hydrogen-bond donors (Lipinski definition) is 2. The Morgan fingerprint density at radius 3 is 2.35 bits per heavy atom. The first-order valence-electron chi connectivity index (χ1n) is 6.78. The van der Waals surface area contributed by atoms with Crippen LogP contribution in [0.1, 0.15) is 12.0 Å². The molecule has 0 aromatic heterocycles. The van der Waals surface area contributed by atoms with Crippen LogP contribution in [0.4, 0.5) is 23.2 Å². The Bertz CT molecular complexity index is 603. The van der Waals surface area contributed by atoms with Gasteiger partial charge in [-0.25, -0.2) is 4.39 Å². The van der Waals surface area contributed by atoms with Gasteiger partial charge in [-0.3, -0.25) is 14.5 Å². The molecule has 1 aromatic rings. The van der Waals surface area contributed by atoms with Crippen molar-refractivity contribution < 1.29 is 27.2 Å². The van der Waals surface area contributed by atoms with Crippen LogP contribution in [-0.2, 0) is 15.8 Å². The van der Waals surface area contributed by atoms with Crippen molar-refractivity contribution in [3.8, 4) is 0 Å². The molecular formula is C14H15F4N3O2. The molecule has 1 saturated heterocycles. The van der Waals surface area contributed by atoms with E-state index in [1.54, 1.807) is 0 Å². The van der Waals surface area contributed by atoms with Gasteiger partial charge < -0.3 is 11.1 Å². The van der Waals surface area contributed by atoms with Crippen molar-refractivity contribution in [1.29, 1.82) is 0 Å². The predicted molar refractivity (Wildman–Crippen MR) is 74.2 cm³/mol. The van der Waals surface area contributed by atoms with Crippen molar-refractivity contribution in [2.75, 3.05) is 25.0 Å². The summed E-state index contributed by atoms with van der Waals surface area (Å²) < 4.78 is 51.2. The summed E-state index contributed by atoms with van der Waals surface area (Å²) in [7, 11) is 0. The molecule has 126 valence electrons. The summed E-state index contributed by atoms with van der Waals surface area (Å²) >= 11 is 0. The number of rotatable bonds is 4. The van der Waals surface area contributed by atoms with E-state index >= 15 is 0 Å². The minimum atomic E-state index is -4.45. The first-order chi connectivity index (χ1) is 10.6. The molecule has 2 amide bonds. The molecule has 1 atom stereocenters. The predicted octanol–water partition coefficient (Wildman–Crippen LogP) is 1.54. The molecule has 0 bridgehead atoms. The number of carbonyl (C=O) groups excluding carboxylic acids is 2. The summed E-state index contributed by atoms with van der Waals surface area (Å²) in [6.07, 6.45) is -4.53. The lowest BCUT2D eigenvalue weighted by molar-refractivity contribution is -0.137. The highest BCUT2D eigenvalue weighted by Crippen LogP contribution is 2.30. The van der Waals surface area contributed by atoms with Gasteiger partial charge in [-0.15, -0.1) is 0 Å². The molecule has 3 N–H and O–H groups in total. The SMILES string of the molecule is NC(=O)C1(F)CCN(CC(=O)Nc2ccc(C(F)(F)F)cc2)C1. The van der Waals surface area contributed by atoms with E-state index in [1.165, 1.54) is 4.90 Å². The highest BCUT2D eigenvalue weighted by atomic mass is 19.4. The molecule has 1 aliphatic rings. The molecule has 2 rings (SSSR count). The third kappa shape index (κ3) is 4.19. The number of halogens is 4. The number of nitrogens with zero attached hydrogens (tertiary/aromatic N) is 1. The normalized spacial score (nSPS) is 22.1. The monoisotopic (exact) mass is 333 g/mol. The lowest BCUT2D eigenvalue weighted by atomic mass is 10.1. The zero-order valence-electron chi connectivity index (χ0n) is 12.0. The van der Waals surface area contributed by atoms with E-state index < -0.39 is 29.2 Å². The van der Waals surface area contributed by atoms with E-state index in [4.69, 9.17) is 5.73 Å². The van der Waals surface area contributed by atoms with Crippen LogP contribution in [0.3, 0.4) is 0 Å². The van der Waals surface area contributed by atoms with Crippen molar-refractivity contribution in [2.24, 2.45) is 5.73 Å². The second kappa shape index (κ2) is 6.15. The average Bonchev–Trinajstić information content (AvgIpc) is 2.81. The molecule has 1 heterocycles. The second-order valence-electron chi connectivity index (χ2n) is 5.41. The summed E-state index contributed by atoms with van der Waals surface area (Å²) in [4.78, 5) is 24.2. The van der Waals surface area contributed by atoms with E-state index in [0.29, 0.717) is 0 Å². The van der Waals surface area contributed by atoms with Gasteiger partial charge in [-0.05, 0) is 24.3 Å².